The first-order valence-corrected chi connectivity index (χ1v) is 4.97. The van der Waals surface area contributed by atoms with Gasteiger partial charge in [-0.1, -0.05) is 22.9 Å². The number of para-hydroxylation sites is 1. The molecule has 1 aliphatic rings. The van der Waals surface area contributed by atoms with Gasteiger partial charge >= 0.3 is 0 Å². The fraction of sp³-hybridized carbons (Fsp3) is 0.273. The first-order valence-electron chi connectivity index (χ1n) is 4.97. The van der Waals surface area contributed by atoms with Crippen LogP contribution in [0.2, 0.25) is 0 Å². The summed E-state index contributed by atoms with van der Waals surface area (Å²) >= 11 is 0. The molecule has 0 amide bonds. The number of rotatable bonds is 1. The maximum Gasteiger partial charge on any atom is 0.278 e. The Bertz CT molecular complexity index is 429. The Morgan fingerprint density at radius 3 is 2.73 bits per heavy atom. The van der Waals surface area contributed by atoms with E-state index in [1.807, 2.05) is 22.9 Å². The predicted octanol–water partition coefficient (Wildman–Crippen LogP) is -1.89. The van der Waals surface area contributed by atoms with Gasteiger partial charge in [-0.2, -0.15) is 0 Å². The summed E-state index contributed by atoms with van der Waals surface area (Å²) in [7, 11) is 0. The SMILES string of the molecule is [Cl-].c1ccc(-n2c[n+]3c(n2)CCC3)cc1. The highest BCUT2D eigenvalue weighted by Gasteiger charge is 2.22. The molecule has 1 aromatic carbocycles. The van der Waals surface area contributed by atoms with E-state index >= 15 is 0 Å². The van der Waals surface area contributed by atoms with E-state index in [2.05, 4.69) is 28.1 Å². The van der Waals surface area contributed by atoms with Crippen molar-refractivity contribution in [2.45, 2.75) is 19.4 Å². The highest BCUT2D eigenvalue weighted by molar-refractivity contribution is 5.28. The lowest BCUT2D eigenvalue weighted by Gasteiger charge is -1.90. The molecule has 78 valence electrons. The van der Waals surface area contributed by atoms with Crippen LogP contribution < -0.4 is 17.0 Å². The molecule has 1 aromatic heterocycles. The van der Waals surface area contributed by atoms with Crippen LogP contribution in [0.3, 0.4) is 0 Å². The Morgan fingerprint density at radius 2 is 2.00 bits per heavy atom. The Kier molecular flexibility index (Phi) is 2.73. The van der Waals surface area contributed by atoms with E-state index in [4.69, 9.17) is 0 Å². The Balaban J connectivity index is 0.000000853. The molecule has 0 fully saturated rings. The molecule has 0 spiro atoms. The minimum Gasteiger partial charge on any atom is -1.00 e. The van der Waals surface area contributed by atoms with E-state index in [9.17, 15) is 0 Å². The molecule has 4 heteroatoms. The predicted molar refractivity (Wildman–Crippen MR) is 52.1 cm³/mol. The van der Waals surface area contributed by atoms with Gasteiger partial charge in [0.05, 0.1) is 6.54 Å². The van der Waals surface area contributed by atoms with Crippen LogP contribution in [0, 0.1) is 0 Å². The monoisotopic (exact) mass is 221 g/mol. The standard InChI is InChI=1S/C11H12N3.ClH/c1-2-5-10(6-3-1)14-9-13-8-4-7-11(13)12-14;/h1-3,5-6,9H,4,7-8H2;1H/q+1;/p-1. The first kappa shape index (κ1) is 10.2. The van der Waals surface area contributed by atoms with Crippen LogP contribution in [0.5, 0.6) is 0 Å². The molecule has 3 rings (SSSR count). The van der Waals surface area contributed by atoms with Crippen molar-refractivity contribution in [1.82, 2.24) is 9.78 Å². The summed E-state index contributed by atoms with van der Waals surface area (Å²) in [6, 6.07) is 10.2. The molecule has 0 radical (unpaired) electrons. The minimum atomic E-state index is 0. The van der Waals surface area contributed by atoms with Crippen LogP contribution in [0.15, 0.2) is 36.7 Å². The topological polar surface area (TPSA) is 21.7 Å². The molecule has 2 aromatic rings. The van der Waals surface area contributed by atoms with Crippen molar-refractivity contribution < 1.29 is 17.0 Å². The zero-order valence-electron chi connectivity index (χ0n) is 8.31. The fourth-order valence-electron chi connectivity index (χ4n) is 1.90. The number of hydrogen-bond acceptors (Lipinski definition) is 1. The highest BCUT2D eigenvalue weighted by atomic mass is 35.5. The number of aromatic nitrogens is 3. The second kappa shape index (κ2) is 4.03. The molecule has 0 N–H and O–H groups in total. The van der Waals surface area contributed by atoms with Gasteiger partial charge in [-0.05, 0) is 18.6 Å². The third-order valence-electron chi connectivity index (χ3n) is 2.62. The van der Waals surface area contributed by atoms with Crippen LogP contribution in [0.1, 0.15) is 12.2 Å². The third-order valence-corrected chi connectivity index (χ3v) is 2.62. The summed E-state index contributed by atoms with van der Waals surface area (Å²) < 4.78 is 4.18. The van der Waals surface area contributed by atoms with Gasteiger partial charge in [0, 0.05) is 11.5 Å². The molecule has 2 heterocycles. The molecule has 0 saturated heterocycles. The summed E-state index contributed by atoms with van der Waals surface area (Å²) in [5.74, 6) is 1.20. The van der Waals surface area contributed by atoms with Gasteiger partial charge in [0.2, 0.25) is 6.33 Å². The average molecular weight is 222 g/mol. The molecule has 15 heavy (non-hydrogen) atoms. The minimum absolute atomic E-state index is 0. The lowest BCUT2D eigenvalue weighted by atomic mass is 10.3. The van der Waals surface area contributed by atoms with E-state index in [0.29, 0.717) is 0 Å². The van der Waals surface area contributed by atoms with Gasteiger partial charge in [0.25, 0.3) is 5.82 Å². The summed E-state index contributed by atoms with van der Waals surface area (Å²) in [6.45, 7) is 1.11. The molecule has 0 atom stereocenters. The number of nitrogens with zero attached hydrogens (tertiary/aromatic N) is 3. The molecule has 0 bridgehead atoms. The van der Waals surface area contributed by atoms with E-state index in [-0.39, 0.29) is 12.4 Å². The van der Waals surface area contributed by atoms with Gasteiger partial charge in [-0.3, -0.25) is 0 Å². The van der Waals surface area contributed by atoms with Gasteiger partial charge < -0.3 is 12.4 Å². The van der Waals surface area contributed by atoms with Crippen molar-refractivity contribution in [2.24, 2.45) is 0 Å². The lowest BCUT2D eigenvalue weighted by molar-refractivity contribution is -0.691. The summed E-state index contributed by atoms with van der Waals surface area (Å²) in [5, 5.41) is 4.54. The number of aryl methyl sites for hydroxylation is 2. The Hall–Kier alpha value is -1.35. The van der Waals surface area contributed by atoms with E-state index in [1.165, 1.54) is 12.2 Å². The summed E-state index contributed by atoms with van der Waals surface area (Å²) in [4.78, 5) is 0. The molecule has 1 aliphatic heterocycles. The van der Waals surface area contributed by atoms with Gasteiger partial charge in [-0.25, -0.2) is 4.57 Å². The largest absolute Gasteiger partial charge is 1.00 e. The maximum absolute atomic E-state index is 4.54. The first-order chi connectivity index (χ1) is 6.93. The second-order valence-corrected chi connectivity index (χ2v) is 3.61. The van der Waals surface area contributed by atoms with E-state index in [1.54, 1.807) is 0 Å². The maximum atomic E-state index is 4.54. The molecule has 3 nitrogen and oxygen atoms in total. The number of benzene rings is 1. The molecular weight excluding hydrogens is 210 g/mol. The lowest BCUT2D eigenvalue weighted by Crippen LogP contribution is -3.00. The Labute approximate surface area is 94.8 Å². The molecule has 0 unspecified atom stereocenters. The van der Waals surface area contributed by atoms with Crippen molar-refractivity contribution in [2.75, 3.05) is 0 Å². The van der Waals surface area contributed by atoms with Crippen molar-refractivity contribution in [3.8, 4) is 5.69 Å². The highest BCUT2D eigenvalue weighted by Crippen LogP contribution is 2.07. The van der Waals surface area contributed by atoms with E-state index in [0.717, 1.165) is 18.7 Å². The number of fused-ring (bicyclic) bond motifs is 1. The molecule has 0 aliphatic carbocycles. The van der Waals surface area contributed by atoms with Crippen LogP contribution in [0.25, 0.3) is 5.69 Å². The van der Waals surface area contributed by atoms with Crippen LogP contribution in [-0.2, 0) is 13.0 Å². The van der Waals surface area contributed by atoms with Gasteiger partial charge in [-0.15, -0.1) is 0 Å². The van der Waals surface area contributed by atoms with E-state index < -0.39 is 0 Å². The Morgan fingerprint density at radius 1 is 1.20 bits per heavy atom. The smallest absolute Gasteiger partial charge is 0.278 e. The van der Waals surface area contributed by atoms with Crippen LogP contribution >= 0.6 is 0 Å². The zero-order valence-corrected chi connectivity index (χ0v) is 9.06. The third kappa shape index (κ3) is 1.75. The number of hydrogen-bond donors (Lipinski definition) is 0. The second-order valence-electron chi connectivity index (χ2n) is 3.61. The molecular formula is C11H12ClN3. The zero-order chi connectivity index (χ0) is 9.38. The summed E-state index contributed by atoms with van der Waals surface area (Å²) in [6.07, 6.45) is 4.43. The van der Waals surface area contributed by atoms with Gasteiger partial charge in [0.15, 0.2) is 0 Å². The van der Waals surface area contributed by atoms with Crippen LogP contribution in [0.4, 0.5) is 0 Å². The quantitative estimate of drug-likeness (QED) is 0.517. The van der Waals surface area contributed by atoms with Crippen molar-refractivity contribution >= 4 is 0 Å². The van der Waals surface area contributed by atoms with Crippen molar-refractivity contribution in [1.29, 1.82) is 0 Å². The van der Waals surface area contributed by atoms with Crippen LogP contribution in [-0.4, -0.2) is 9.78 Å². The van der Waals surface area contributed by atoms with Gasteiger partial charge in [0.1, 0.15) is 5.69 Å². The van der Waals surface area contributed by atoms with Crippen molar-refractivity contribution in [3.63, 3.8) is 0 Å². The molecule has 0 saturated carbocycles. The number of halogens is 1. The average Bonchev–Trinajstić information content (AvgIpc) is 2.78. The fourth-order valence-corrected chi connectivity index (χ4v) is 1.90. The normalized spacial score (nSPS) is 13.3. The van der Waals surface area contributed by atoms with Crippen molar-refractivity contribution in [3.05, 3.63) is 42.5 Å². The summed E-state index contributed by atoms with van der Waals surface area (Å²) in [5.41, 5.74) is 1.13.